The number of amides is 2. The van der Waals surface area contributed by atoms with Crippen LogP contribution in [0.25, 0.3) is 0 Å². The minimum absolute atomic E-state index is 0. The van der Waals surface area contributed by atoms with E-state index in [0.29, 0.717) is 5.69 Å². The first-order chi connectivity index (χ1) is 17.4. The Hall–Kier alpha value is -1.80. The summed E-state index contributed by atoms with van der Waals surface area (Å²) in [7, 11) is -1.61. The van der Waals surface area contributed by atoms with Gasteiger partial charge in [0.1, 0.15) is 6.04 Å². The molecule has 38 heavy (non-hydrogen) atoms. The van der Waals surface area contributed by atoms with Gasteiger partial charge in [-0.15, -0.1) is 0 Å². The summed E-state index contributed by atoms with van der Waals surface area (Å²) in [5.41, 5.74) is 5.22. The van der Waals surface area contributed by atoms with E-state index in [4.69, 9.17) is 0 Å². The molecule has 0 radical (unpaired) electrons. The van der Waals surface area contributed by atoms with Crippen molar-refractivity contribution in [2.24, 2.45) is 7.05 Å². The second-order valence-corrected chi connectivity index (χ2v) is 11.7. The van der Waals surface area contributed by atoms with Crippen LogP contribution in [0.15, 0.2) is 18.5 Å². The van der Waals surface area contributed by atoms with Gasteiger partial charge in [-0.1, -0.05) is 6.07 Å². The van der Waals surface area contributed by atoms with Crippen LogP contribution >= 0.6 is 0 Å². The van der Waals surface area contributed by atoms with E-state index in [1.807, 2.05) is 0 Å². The summed E-state index contributed by atoms with van der Waals surface area (Å²) in [5, 5.41) is 6.79. The zero-order valence-corrected chi connectivity index (χ0v) is 21.6. The van der Waals surface area contributed by atoms with Crippen molar-refractivity contribution in [2.45, 2.75) is 69.6 Å². The van der Waals surface area contributed by atoms with E-state index in [9.17, 15) is 26.4 Å². The van der Waals surface area contributed by atoms with Crippen LogP contribution in [0.2, 0.25) is 0 Å². The first kappa shape index (κ1) is 29.2. The number of rotatable bonds is 5. The molecule has 1 aromatic heterocycles. The van der Waals surface area contributed by atoms with Crippen LogP contribution in [0, 0.1) is 0 Å². The molecule has 1 fully saturated rings. The Labute approximate surface area is 242 Å². The molecule has 204 valence electrons. The summed E-state index contributed by atoms with van der Waals surface area (Å²) >= 11 is 0. The number of carbonyl (C=O) groups is 1. The summed E-state index contributed by atoms with van der Waals surface area (Å²) < 4.78 is 72.5. The molecule has 9 nitrogen and oxygen atoms in total. The quantitative estimate of drug-likeness (QED) is 0.545. The number of hydrogen-bond donors (Lipinski definition) is 2. The number of urea groups is 1. The number of nitrogens with zero attached hydrogens (tertiary/aromatic N) is 4. The van der Waals surface area contributed by atoms with Gasteiger partial charge in [-0.25, -0.2) is 13.8 Å². The van der Waals surface area contributed by atoms with Gasteiger partial charge in [0.2, 0.25) is 0 Å². The maximum atomic E-state index is 13.7. The molecular weight excluding hydrogens is 532 g/mol. The van der Waals surface area contributed by atoms with Gasteiger partial charge in [-0.3, -0.25) is 9.58 Å². The van der Waals surface area contributed by atoms with Gasteiger partial charge in [-0.2, -0.15) is 26.7 Å². The number of piperidine rings is 1. The Morgan fingerprint density at radius 3 is 2.29 bits per heavy atom. The average Bonchev–Trinajstić information content (AvgIpc) is 3.54. The Morgan fingerprint density at radius 1 is 1.11 bits per heavy atom. The van der Waals surface area contributed by atoms with Crippen LogP contribution in [0.5, 0.6) is 0 Å². The van der Waals surface area contributed by atoms with Crippen molar-refractivity contribution >= 4 is 57.2 Å². The van der Waals surface area contributed by atoms with Crippen molar-refractivity contribution < 1.29 is 26.4 Å². The van der Waals surface area contributed by atoms with Crippen molar-refractivity contribution in [3.05, 3.63) is 40.7 Å². The zero-order valence-electron chi connectivity index (χ0n) is 20.8. The fourth-order valence-electron chi connectivity index (χ4n) is 6.00. The second kappa shape index (κ2) is 11.0. The van der Waals surface area contributed by atoms with E-state index in [-0.39, 0.29) is 48.2 Å². The third kappa shape index (κ3) is 5.72. The maximum absolute atomic E-state index is 13.7. The number of benzene rings is 1. The molecule has 2 amide bonds. The first-order valence-corrected chi connectivity index (χ1v) is 13.9. The van der Waals surface area contributed by atoms with Crippen LogP contribution in [0.4, 0.5) is 29.3 Å². The number of nitrogens with one attached hydrogen (secondary N) is 2. The molecule has 5 rings (SSSR count). The molecule has 3 aliphatic rings. The number of carbonyl (C=O) groups excluding carboxylic acids is 1. The predicted octanol–water partition coefficient (Wildman–Crippen LogP) is 2.65. The number of aromatic nitrogens is 2. The van der Waals surface area contributed by atoms with Crippen LogP contribution in [0.1, 0.15) is 47.9 Å². The summed E-state index contributed by atoms with van der Waals surface area (Å²) in [4.78, 5) is 14.3. The molecule has 1 aliphatic heterocycles. The number of fused-ring (bicyclic) bond motifs is 2. The molecule has 0 saturated carbocycles. The van der Waals surface area contributed by atoms with E-state index < -0.39 is 40.9 Å². The number of likely N-dealkylation sites (tertiary alicyclic amines) is 1. The third-order valence-corrected chi connectivity index (χ3v) is 9.16. The summed E-state index contributed by atoms with van der Waals surface area (Å²) in [5.74, 6) is 0. The molecule has 2 heterocycles. The number of alkyl halides is 3. The number of halogens is 3. The molecule has 1 saturated heterocycles. The minimum atomic E-state index is -4.56. The molecule has 2 unspecified atom stereocenters. The van der Waals surface area contributed by atoms with Gasteiger partial charge in [0.25, 0.3) is 0 Å². The first-order valence-electron chi connectivity index (χ1n) is 12.5. The molecule has 14 heteroatoms. The topological polar surface area (TPSA) is 99.6 Å². The molecule has 2 N–H and O–H groups in total. The predicted molar refractivity (Wildman–Crippen MR) is 140 cm³/mol. The van der Waals surface area contributed by atoms with E-state index in [1.54, 1.807) is 7.05 Å². The van der Waals surface area contributed by atoms with Crippen molar-refractivity contribution in [3.63, 3.8) is 0 Å². The molecule has 1 aromatic carbocycles. The van der Waals surface area contributed by atoms with Crippen LogP contribution < -0.4 is 14.3 Å². The van der Waals surface area contributed by atoms with Crippen molar-refractivity contribution in [1.29, 1.82) is 0 Å². The van der Waals surface area contributed by atoms with E-state index in [0.717, 1.165) is 54.0 Å². The van der Waals surface area contributed by atoms with E-state index >= 15 is 0 Å². The van der Waals surface area contributed by atoms with E-state index in [2.05, 4.69) is 21.2 Å². The molecule has 2 aromatic rings. The molecule has 0 bridgehead atoms. The number of aryl methyl sites for hydroxylation is 3. The fraction of sp³-hybridized carbons (Fsp3) is 0.583. The molecule has 2 aliphatic carbocycles. The molecule has 2 atom stereocenters. The molecule has 0 spiro atoms. The van der Waals surface area contributed by atoms with Gasteiger partial charge < -0.3 is 5.32 Å². The second-order valence-electron chi connectivity index (χ2n) is 10.2. The number of hydrogen-bond acceptors (Lipinski definition) is 5. The van der Waals surface area contributed by atoms with Crippen molar-refractivity contribution in [1.82, 2.24) is 19.4 Å². The van der Waals surface area contributed by atoms with Gasteiger partial charge in [0.05, 0.1) is 11.9 Å². The molecular formula is C24H32F3N6NaO3S. The Morgan fingerprint density at radius 2 is 1.74 bits per heavy atom. The van der Waals surface area contributed by atoms with Crippen molar-refractivity contribution in [3.8, 4) is 0 Å². The summed E-state index contributed by atoms with van der Waals surface area (Å²) in [6, 6.07) is -1.54. The number of anilines is 2. The van der Waals surface area contributed by atoms with Gasteiger partial charge in [0, 0.05) is 31.5 Å². The SMILES string of the molecule is CN1CCC(N(c2cnn(C)c2)S(=O)(=O)NC(=O)Nc2c3c(cc4c2CCC4)CCC3)CC1C(F)(F)F.[NaH]. The normalized spacial score (nSPS) is 21.4. The van der Waals surface area contributed by atoms with Gasteiger partial charge in [-0.05, 0) is 80.7 Å². The third-order valence-electron chi connectivity index (χ3n) is 7.69. The Bertz CT molecular complexity index is 1280. The fourth-order valence-corrected chi connectivity index (χ4v) is 7.34. The average molecular weight is 565 g/mol. The van der Waals surface area contributed by atoms with Crippen LogP contribution in [-0.2, 0) is 42.9 Å². The zero-order chi connectivity index (χ0) is 26.5. The van der Waals surface area contributed by atoms with Crippen LogP contribution in [0.3, 0.4) is 0 Å². The van der Waals surface area contributed by atoms with Gasteiger partial charge in [0.15, 0.2) is 0 Å². The Kier molecular flexibility index (Phi) is 8.44. The summed E-state index contributed by atoms with van der Waals surface area (Å²) in [6.07, 6.45) is 3.27. The van der Waals surface area contributed by atoms with Gasteiger partial charge >= 0.3 is 52.0 Å². The monoisotopic (exact) mass is 564 g/mol. The standard InChI is InChI=1S/C24H31F3N6O3S.Na.H/c1-31-10-9-17(12-21(31)24(25,26)27)33(18-13-28-32(2)14-18)37(35,36)30-23(34)29-22-19-7-3-5-15(19)11-16-6-4-8-20(16)22;;/h11,13-14,17,21H,3-10,12H2,1-2H3,(H2,29,30,34);;. The Balaban J connectivity index is 0.00000336. The van der Waals surface area contributed by atoms with E-state index in [1.165, 1.54) is 40.1 Å². The van der Waals surface area contributed by atoms with Crippen LogP contribution in [-0.4, -0.2) is 90.5 Å². The summed E-state index contributed by atoms with van der Waals surface area (Å²) in [6.45, 7) is 0.0512. The van der Waals surface area contributed by atoms with Crippen molar-refractivity contribution in [2.75, 3.05) is 23.2 Å².